The lowest BCUT2D eigenvalue weighted by molar-refractivity contribution is -0.156. The topological polar surface area (TPSA) is 29.5 Å². The van der Waals surface area contributed by atoms with Crippen molar-refractivity contribution >= 4 is 5.97 Å². The van der Waals surface area contributed by atoms with E-state index in [0.29, 0.717) is 6.61 Å². The standard InChI is InChI=1S/C14H29NO2.C4H10/c1-6-8-9-10-14(3,7-2)13(16)17-12-11-15(4)5;1-3-4-2/h6-12H2,1-5H3;3-4H2,1-2H3. The molecular weight excluding hydrogens is 262 g/mol. The zero-order valence-electron chi connectivity index (χ0n) is 15.6. The van der Waals surface area contributed by atoms with Gasteiger partial charge in [-0.25, -0.2) is 0 Å². The van der Waals surface area contributed by atoms with E-state index in [9.17, 15) is 4.79 Å². The quantitative estimate of drug-likeness (QED) is 0.425. The Morgan fingerprint density at radius 1 is 1.00 bits per heavy atom. The van der Waals surface area contributed by atoms with E-state index in [-0.39, 0.29) is 11.4 Å². The number of esters is 1. The van der Waals surface area contributed by atoms with Crippen molar-refractivity contribution in [3.8, 4) is 0 Å². The summed E-state index contributed by atoms with van der Waals surface area (Å²) in [5, 5.41) is 0. The van der Waals surface area contributed by atoms with E-state index in [1.54, 1.807) is 0 Å². The molecule has 128 valence electrons. The van der Waals surface area contributed by atoms with Gasteiger partial charge in [-0.1, -0.05) is 59.8 Å². The summed E-state index contributed by atoms with van der Waals surface area (Å²) in [6.45, 7) is 11.9. The molecule has 3 heteroatoms. The van der Waals surface area contributed by atoms with Crippen LogP contribution < -0.4 is 0 Å². The lowest BCUT2D eigenvalue weighted by Gasteiger charge is -2.26. The van der Waals surface area contributed by atoms with Crippen molar-refractivity contribution in [2.24, 2.45) is 5.41 Å². The van der Waals surface area contributed by atoms with E-state index in [0.717, 1.165) is 25.8 Å². The monoisotopic (exact) mass is 301 g/mol. The molecule has 21 heavy (non-hydrogen) atoms. The molecule has 0 aromatic carbocycles. The fourth-order valence-electron chi connectivity index (χ4n) is 1.68. The summed E-state index contributed by atoms with van der Waals surface area (Å²) in [6, 6.07) is 0. The predicted octanol–water partition coefficient (Wildman–Crippen LogP) is 4.89. The molecule has 0 bridgehead atoms. The van der Waals surface area contributed by atoms with Gasteiger partial charge in [0.2, 0.25) is 0 Å². The summed E-state index contributed by atoms with van der Waals surface area (Å²) in [7, 11) is 3.96. The molecule has 0 aliphatic heterocycles. The predicted molar refractivity (Wildman–Crippen MR) is 92.6 cm³/mol. The Hall–Kier alpha value is -0.570. The van der Waals surface area contributed by atoms with Gasteiger partial charge in [0.05, 0.1) is 5.41 Å². The number of hydrogen-bond acceptors (Lipinski definition) is 3. The molecule has 0 heterocycles. The van der Waals surface area contributed by atoms with Gasteiger partial charge in [0.25, 0.3) is 0 Å². The molecule has 0 spiro atoms. The van der Waals surface area contributed by atoms with Gasteiger partial charge in [-0.15, -0.1) is 0 Å². The SMILES string of the molecule is CCCC.CCCCCC(C)(CC)C(=O)OCCN(C)C. The molecule has 0 aromatic rings. The molecule has 0 saturated carbocycles. The maximum atomic E-state index is 12.0. The van der Waals surface area contributed by atoms with E-state index in [2.05, 4.69) is 27.7 Å². The number of rotatable bonds is 10. The molecule has 3 nitrogen and oxygen atoms in total. The van der Waals surface area contributed by atoms with Crippen molar-refractivity contribution in [3.05, 3.63) is 0 Å². The first-order chi connectivity index (χ1) is 9.87. The van der Waals surface area contributed by atoms with Crippen molar-refractivity contribution in [3.63, 3.8) is 0 Å². The van der Waals surface area contributed by atoms with Crippen LogP contribution in [0.25, 0.3) is 0 Å². The number of unbranched alkanes of at least 4 members (excludes halogenated alkanes) is 3. The van der Waals surface area contributed by atoms with Gasteiger partial charge < -0.3 is 9.64 Å². The molecule has 1 atom stereocenters. The van der Waals surface area contributed by atoms with Gasteiger partial charge in [0.15, 0.2) is 0 Å². The molecule has 0 aromatic heterocycles. The van der Waals surface area contributed by atoms with Gasteiger partial charge in [-0.3, -0.25) is 4.79 Å². The number of carbonyl (C=O) groups is 1. The Labute approximate surface area is 133 Å². The van der Waals surface area contributed by atoms with Crippen LogP contribution in [0.5, 0.6) is 0 Å². The Morgan fingerprint density at radius 2 is 1.57 bits per heavy atom. The van der Waals surface area contributed by atoms with Crippen LogP contribution in [-0.4, -0.2) is 38.1 Å². The number of hydrogen-bond donors (Lipinski definition) is 0. The molecule has 0 aliphatic carbocycles. The van der Waals surface area contributed by atoms with E-state index in [4.69, 9.17) is 4.74 Å². The zero-order chi connectivity index (χ0) is 16.7. The third-order valence-corrected chi connectivity index (χ3v) is 3.88. The van der Waals surface area contributed by atoms with Gasteiger partial charge in [-0.05, 0) is 33.9 Å². The Morgan fingerprint density at radius 3 is 1.95 bits per heavy atom. The van der Waals surface area contributed by atoms with E-state index in [1.165, 1.54) is 25.7 Å². The summed E-state index contributed by atoms with van der Waals surface area (Å²) >= 11 is 0. The summed E-state index contributed by atoms with van der Waals surface area (Å²) in [5.74, 6) is -0.0297. The molecule has 0 aliphatic rings. The maximum Gasteiger partial charge on any atom is 0.311 e. The molecule has 0 amide bonds. The molecular formula is C18H39NO2. The summed E-state index contributed by atoms with van der Waals surface area (Å²) < 4.78 is 5.36. The van der Waals surface area contributed by atoms with Crippen LogP contribution in [0.3, 0.4) is 0 Å². The summed E-state index contributed by atoms with van der Waals surface area (Å²) in [5.41, 5.74) is -0.290. The van der Waals surface area contributed by atoms with Crippen LogP contribution >= 0.6 is 0 Å². The first-order valence-corrected chi connectivity index (χ1v) is 8.69. The van der Waals surface area contributed by atoms with E-state index in [1.807, 2.05) is 25.9 Å². The van der Waals surface area contributed by atoms with Crippen LogP contribution in [-0.2, 0) is 9.53 Å². The van der Waals surface area contributed by atoms with Gasteiger partial charge >= 0.3 is 5.97 Å². The minimum atomic E-state index is -0.290. The van der Waals surface area contributed by atoms with Crippen molar-refractivity contribution in [2.75, 3.05) is 27.2 Å². The van der Waals surface area contributed by atoms with E-state index >= 15 is 0 Å². The van der Waals surface area contributed by atoms with Gasteiger partial charge in [0, 0.05) is 6.54 Å². The van der Waals surface area contributed by atoms with Crippen molar-refractivity contribution in [2.45, 2.75) is 79.6 Å². The minimum Gasteiger partial charge on any atom is -0.464 e. The van der Waals surface area contributed by atoms with Crippen molar-refractivity contribution in [1.29, 1.82) is 0 Å². The molecule has 0 N–H and O–H groups in total. The largest absolute Gasteiger partial charge is 0.464 e. The average molecular weight is 302 g/mol. The average Bonchev–Trinajstić information content (AvgIpc) is 2.47. The second kappa shape index (κ2) is 14.4. The number of likely N-dealkylation sites (N-methyl/N-ethyl adjacent to an activating group) is 1. The molecule has 0 saturated heterocycles. The van der Waals surface area contributed by atoms with Crippen LogP contribution in [0, 0.1) is 5.41 Å². The fourth-order valence-corrected chi connectivity index (χ4v) is 1.68. The second-order valence-electron chi connectivity index (χ2n) is 6.31. The summed E-state index contributed by atoms with van der Waals surface area (Å²) in [6.07, 6.45) is 7.94. The number of nitrogens with zero attached hydrogens (tertiary/aromatic N) is 1. The first-order valence-electron chi connectivity index (χ1n) is 8.69. The molecule has 0 radical (unpaired) electrons. The third kappa shape index (κ3) is 12.9. The number of carbonyl (C=O) groups excluding carboxylic acids is 1. The molecule has 0 rings (SSSR count). The fraction of sp³-hybridized carbons (Fsp3) is 0.944. The highest BCUT2D eigenvalue weighted by Gasteiger charge is 2.32. The summed E-state index contributed by atoms with van der Waals surface area (Å²) in [4.78, 5) is 14.1. The van der Waals surface area contributed by atoms with E-state index < -0.39 is 0 Å². The van der Waals surface area contributed by atoms with Crippen LogP contribution in [0.15, 0.2) is 0 Å². The highest BCUT2D eigenvalue weighted by atomic mass is 16.5. The maximum absolute atomic E-state index is 12.0. The van der Waals surface area contributed by atoms with Crippen LogP contribution in [0.2, 0.25) is 0 Å². The Kier molecular flexibility index (Phi) is 15.5. The van der Waals surface area contributed by atoms with Crippen molar-refractivity contribution in [1.82, 2.24) is 4.90 Å². The van der Waals surface area contributed by atoms with Gasteiger partial charge in [0.1, 0.15) is 6.61 Å². The normalized spacial score (nSPS) is 13.3. The Balaban J connectivity index is 0. The zero-order valence-corrected chi connectivity index (χ0v) is 15.6. The lowest BCUT2D eigenvalue weighted by atomic mass is 9.82. The van der Waals surface area contributed by atoms with Crippen molar-refractivity contribution < 1.29 is 9.53 Å². The van der Waals surface area contributed by atoms with Crippen LogP contribution in [0.4, 0.5) is 0 Å². The number of ether oxygens (including phenoxy) is 1. The molecule has 1 unspecified atom stereocenters. The Bertz CT molecular complexity index is 239. The highest BCUT2D eigenvalue weighted by molar-refractivity contribution is 5.76. The first kappa shape index (κ1) is 22.7. The second-order valence-corrected chi connectivity index (χ2v) is 6.31. The smallest absolute Gasteiger partial charge is 0.311 e. The minimum absolute atomic E-state index is 0.0297. The highest BCUT2D eigenvalue weighted by Crippen LogP contribution is 2.30. The third-order valence-electron chi connectivity index (χ3n) is 3.88. The molecule has 0 fully saturated rings. The van der Waals surface area contributed by atoms with Crippen LogP contribution in [0.1, 0.15) is 79.6 Å². The lowest BCUT2D eigenvalue weighted by Crippen LogP contribution is -2.31. The van der Waals surface area contributed by atoms with Gasteiger partial charge in [-0.2, -0.15) is 0 Å².